The van der Waals surface area contributed by atoms with Gasteiger partial charge in [0.15, 0.2) is 0 Å². The van der Waals surface area contributed by atoms with Gasteiger partial charge in [-0.2, -0.15) is 0 Å². The summed E-state index contributed by atoms with van der Waals surface area (Å²) in [7, 11) is -3.87. The highest BCUT2D eigenvalue weighted by Gasteiger charge is 2.27. The smallest absolute Gasteiger partial charge is 0.265 e. The minimum absolute atomic E-state index is 0.0255. The molecule has 0 aliphatic rings. The molecule has 3 heterocycles. The lowest BCUT2D eigenvalue weighted by atomic mass is 10.0. The van der Waals surface area contributed by atoms with E-state index in [1.807, 2.05) is 45.2 Å². The van der Waals surface area contributed by atoms with Gasteiger partial charge in [0.05, 0.1) is 16.4 Å². The predicted molar refractivity (Wildman–Crippen MR) is 149 cm³/mol. The van der Waals surface area contributed by atoms with Crippen LogP contribution in [-0.2, 0) is 27.8 Å². The van der Waals surface area contributed by atoms with Gasteiger partial charge < -0.3 is 15.0 Å². The molecule has 39 heavy (non-hydrogen) atoms. The van der Waals surface area contributed by atoms with E-state index in [0.717, 1.165) is 27.8 Å². The van der Waals surface area contributed by atoms with Crippen molar-refractivity contribution < 1.29 is 17.9 Å². The SMILES string of the molecule is CC(C)[C@@H](C(=O)N[C@H](C)Cc1c[nH]c2ccccc12)n1cc(COc2ccc3nc(S(N)(=O)=O)sc3c2)nn1. The van der Waals surface area contributed by atoms with Crippen molar-refractivity contribution >= 4 is 48.4 Å². The molecule has 0 saturated heterocycles. The second-order valence-corrected chi connectivity index (χ2v) is 12.6. The average molecular weight is 568 g/mol. The number of para-hydroxylation sites is 1. The molecule has 0 spiro atoms. The summed E-state index contributed by atoms with van der Waals surface area (Å²) in [6.45, 7) is 6.04. The Bertz CT molecular complexity index is 1740. The molecule has 2 aromatic carbocycles. The van der Waals surface area contributed by atoms with Crippen LogP contribution >= 0.6 is 11.3 Å². The van der Waals surface area contributed by atoms with Crippen molar-refractivity contribution in [1.29, 1.82) is 0 Å². The standard InChI is InChI=1S/C26H29N7O4S2/c1-15(2)24(25(34)29-16(3)10-17-12-28-21-7-5-4-6-20(17)21)33-13-18(31-32-33)14-37-19-8-9-22-23(11-19)38-26(30-22)39(27,35)36/h4-9,11-13,15-16,24,28H,10,14H2,1-3H3,(H,29,34)(H2,27,35,36)/t16-,24+/m1/s1. The maximum atomic E-state index is 13.3. The van der Waals surface area contributed by atoms with Crippen LogP contribution in [0.3, 0.4) is 0 Å². The second kappa shape index (κ2) is 10.8. The Hall–Kier alpha value is -3.81. The van der Waals surface area contributed by atoms with Crippen LogP contribution in [0.2, 0.25) is 0 Å². The summed E-state index contributed by atoms with van der Waals surface area (Å²) in [5, 5.41) is 17.9. The largest absolute Gasteiger partial charge is 0.487 e. The number of amides is 1. The zero-order valence-corrected chi connectivity index (χ0v) is 23.3. The number of fused-ring (bicyclic) bond motifs is 2. The monoisotopic (exact) mass is 567 g/mol. The van der Waals surface area contributed by atoms with E-state index in [1.54, 1.807) is 29.1 Å². The van der Waals surface area contributed by atoms with Gasteiger partial charge in [0, 0.05) is 23.1 Å². The van der Waals surface area contributed by atoms with Crippen molar-refractivity contribution in [1.82, 2.24) is 30.3 Å². The van der Waals surface area contributed by atoms with Gasteiger partial charge in [0.25, 0.3) is 10.0 Å². The van der Waals surface area contributed by atoms with E-state index in [-0.39, 0.29) is 28.8 Å². The van der Waals surface area contributed by atoms with Gasteiger partial charge in [0.2, 0.25) is 10.2 Å². The number of aromatic amines is 1. The predicted octanol–water partition coefficient (Wildman–Crippen LogP) is 3.54. The van der Waals surface area contributed by atoms with E-state index < -0.39 is 16.1 Å². The van der Waals surface area contributed by atoms with Gasteiger partial charge in [-0.25, -0.2) is 23.2 Å². The third-order valence-electron chi connectivity index (χ3n) is 6.30. The Labute approximate surface area is 229 Å². The third kappa shape index (κ3) is 5.95. The van der Waals surface area contributed by atoms with Crippen LogP contribution in [0.15, 0.2) is 59.2 Å². The van der Waals surface area contributed by atoms with Gasteiger partial charge in [0.1, 0.15) is 24.1 Å². The lowest BCUT2D eigenvalue weighted by Gasteiger charge is -2.23. The number of H-pyrrole nitrogens is 1. The van der Waals surface area contributed by atoms with Crippen LogP contribution in [0.25, 0.3) is 21.1 Å². The maximum Gasteiger partial charge on any atom is 0.265 e. The van der Waals surface area contributed by atoms with Crippen molar-refractivity contribution in [2.45, 2.75) is 50.2 Å². The molecule has 4 N–H and O–H groups in total. The number of benzene rings is 2. The van der Waals surface area contributed by atoms with Crippen LogP contribution in [0.5, 0.6) is 5.75 Å². The van der Waals surface area contributed by atoms with E-state index >= 15 is 0 Å². The molecule has 0 aliphatic carbocycles. The number of nitrogens with zero attached hydrogens (tertiary/aromatic N) is 4. The molecule has 3 aromatic heterocycles. The molecule has 0 saturated carbocycles. The first kappa shape index (κ1) is 26.8. The Morgan fingerprint density at radius 1 is 1.21 bits per heavy atom. The van der Waals surface area contributed by atoms with Gasteiger partial charge in [-0.15, -0.1) is 16.4 Å². The summed E-state index contributed by atoms with van der Waals surface area (Å²) in [6.07, 6.45) is 4.39. The van der Waals surface area contributed by atoms with Crippen LogP contribution in [0.4, 0.5) is 0 Å². The van der Waals surface area contributed by atoms with E-state index in [4.69, 9.17) is 9.88 Å². The molecule has 13 heteroatoms. The quantitative estimate of drug-likeness (QED) is 0.233. The molecule has 0 fully saturated rings. The number of nitrogens with one attached hydrogen (secondary N) is 2. The van der Waals surface area contributed by atoms with Crippen molar-refractivity contribution in [3.8, 4) is 5.75 Å². The molecular weight excluding hydrogens is 538 g/mol. The fourth-order valence-electron chi connectivity index (χ4n) is 4.51. The van der Waals surface area contributed by atoms with Gasteiger partial charge >= 0.3 is 0 Å². The number of carbonyl (C=O) groups excluding carboxylic acids is 1. The molecule has 2 atom stereocenters. The van der Waals surface area contributed by atoms with Crippen LogP contribution in [-0.4, -0.2) is 45.3 Å². The molecule has 1 amide bonds. The summed E-state index contributed by atoms with van der Waals surface area (Å²) in [5.41, 5.74) is 3.29. The minimum Gasteiger partial charge on any atom is -0.487 e. The molecule has 204 valence electrons. The van der Waals surface area contributed by atoms with Crippen molar-refractivity contribution in [2.24, 2.45) is 11.1 Å². The van der Waals surface area contributed by atoms with E-state index in [9.17, 15) is 13.2 Å². The van der Waals surface area contributed by atoms with Crippen LogP contribution in [0.1, 0.15) is 38.1 Å². The molecule has 5 rings (SSSR count). The number of rotatable bonds is 10. The molecule has 0 bridgehead atoms. The lowest BCUT2D eigenvalue weighted by molar-refractivity contribution is -0.126. The van der Waals surface area contributed by atoms with Crippen molar-refractivity contribution in [3.05, 3.63) is 66.1 Å². The summed E-state index contributed by atoms with van der Waals surface area (Å²) in [4.78, 5) is 20.6. The van der Waals surface area contributed by atoms with Crippen molar-refractivity contribution in [3.63, 3.8) is 0 Å². The Balaban J connectivity index is 1.23. The molecule has 5 aromatic rings. The highest BCUT2D eigenvalue weighted by Crippen LogP contribution is 2.28. The molecule has 0 unspecified atom stereocenters. The molecule has 11 nitrogen and oxygen atoms in total. The summed E-state index contributed by atoms with van der Waals surface area (Å²) >= 11 is 0.978. The lowest BCUT2D eigenvalue weighted by Crippen LogP contribution is -2.41. The third-order valence-corrected chi connectivity index (χ3v) is 8.64. The number of nitrogens with two attached hydrogens (primary N) is 1. The normalized spacial score (nSPS) is 13.7. The number of hydrogen-bond donors (Lipinski definition) is 3. The zero-order valence-electron chi connectivity index (χ0n) is 21.7. The first-order chi connectivity index (χ1) is 18.6. The van der Waals surface area contributed by atoms with Crippen molar-refractivity contribution in [2.75, 3.05) is 0 Å². The molecular formula is C26H29N7O4S2. The number of hydrogen-bond acceptors (Lipinski definition) is 8. The number of sulfonamides is 1. The van der Waals surface area contributed by atoms with Gasteiger partial charge in [-0.05, 0) is 49.1 Å². The number of thiazole rings is 1. The fourth-order valence-corrected chi connectivity index (χ4v) is 6.19. The number of primary sulfonamides is 1. The van der Waals surface area contributed by atoms with Gasteiger partial charge in [-0.1, -0.05) is 37.3 Å². The molecule has 0 radical (unpaired) electrons. The van der Waals surface area contributed by atoms with E-state index in [0.29, 0.717) is 28.1 Å². The Morgan fingerprint density at radius 2 is 2.00 bits per heavy atom. The first-order valence-corrected chi connectivity index (χ1v) is 14.8. The highest BCUT2D eigenvalue weighted by atomic mass is 32.2. The second-order valence-electron chi connectivity index (χ2n) is 9.79. The number of ether oxygens (including phenoxy) is 1. The number of carbonyl (C=O) groups is 1. The molecule has 0 aliphatic heterocycles. The summed E-state index contributed by atoms with van der Waals surface area (Å²) < 4.78 is 31.1. The topological polar surface area (TPSA) is 158 Å². The maximum absolute atomic E-state index is 13.3. The zero-order chi connectivity index (χ0) is 27.7. The Kier molecular flexibility index (Phi) is 7.38. The summed E-state index contributed by atoms with van der Waals surface area (Å²) in [6, 6.07) is 12.5. The van der Waals surface area contributed by atoms with Crippen LogP contribution in [0, 0.1) is 5.92 Å². The Morgan fingerprint density at radius 3 is 2.77 bits per heavy atom. The number of aromatic nitrogens is 5. The fraction of sp³-hybridized carbons (Fsp3) is 0.308. The minimum atomic E-state index is -3.87. The van der Waals surface area contributed by atoms with E-state index in [2.05, 4.69) is 31.7 Å². The first-order valence-electron chi connectivity index (χ1n) is 12.4. The van der Waals surface area contributed by atoms with Crippen LogP contribution < -0.4 is 15.2 Å². The summed E-state index contributed by atoms with van der Waals surface area (Å²) in [5.74, 6) is 0.365. The van der Waals surface area contributed by atoms with E-state index in [1.165, 1.54) is 0 Å². The average Bonchev–Trinajstić information content (AvgIpc) is 3.61. The highest BCUT2D eigenvalue weighted by molar-refractivity contribution is 7.91. The van der Waals surface area contributed by atoms with Gasteiger partial charge in [-0.3, -0.25) is 4.79 Å².